The van der Waals surface area contributed by atoms with E-state index in [1.54, 1.807) is 0 Å². The number of nitrogens with one attached hydrogen (secondary N) is 4. The number of hydrogen-bond acceptors (Lipinski definition) is 5. The summed E-state index contributed by atoms with van der Waals surface area (Å²) in [6, 6.07) is 26.1. The maximum absolute atomic E-state index is 4.94. The molecule has 0 spiro atoms. The van der Waals surface area contributed by atoms with Crippen LogP contribution < -0.4 is 21.9 Å². The summed E-state index contributed by atoms with van der Waals surface area (Å²) in [4.78, 5) is 0. The molecule has 1 heterocycles. The molecule has 4 aromatic rings. The van der Waals surface area contributed by atoms with Gasteiger partial charge in [-0.3, -0.25) is 0 Å². The van der Waals surface area contributed by atoms with E-state index in [1.807, 2.05) is 0 Å². The van der Waals surface area contributed by atoms with Crippen LogP contribution in [-0.2, 0) is 25.6 Å². The van der Waals surface area contributed by atoms with Crippen molar-refractivity contribution < 1.29 is 25.6 Å². The predicted molar refractivity (Wildman–Crippen MR) is 270 cm³/mol. The molecule has 1 aliphatic rings. The van der Waals surface area contributed by atoms with Crippen LogP contribution in [0.4, 0.5) is 22.7 Å². The number of hydrazine groups is 2. The molecule has 0 radical (unpaired) electrons. The van der Waals surface area contributed by atoms with Crippen molar-refractivity contribution in [3.8, 4) is 0 Å². The van der Waals surface area contributed by atoms with Gasteiger partial charge in [-0.15, -0.1) is 11.4 Å². The van der Waals surface area contributed by atoms with Crippen molar-refractivity contribution >= 4 is 39.8 Å². The third-order valence-corrected chi connectivity index (χ3v) is 11.0. The molecule has 344 valence electrons. The predicted octanol–water partition coefficient (Wildman–Crippen LogP) is 17.6. The molecule has 0 amide bonds. The van der Waals surface area contributed by atoms with Crippen molar-refractivity contribution in [2.45, 2.75) is 171 Å². The van der Waals surface area contributed by atoms with Crippen LogP contribution in [0.3, 0.4) is 0 Å². The number of hydrogen-bond donors (Lipinski definition) is 4. The van der Waals surface area contributed by atoms with Crippen LogP contribution in [0.2, 0.25) is 0 Å². The number of benzene rings is 4. The number of ether oxygens (including phenoxy) is 1. The molecule has 62 heavy (non-hydrogen) atoms. The Hall–Kier alpha value is -2.58. The zero-order valence-electron chi connectivity index (χ0n) is 40.9. The van der Waals surface area contributed by atoms with Gasteiger partial charge in [-0.2, -0.15) is 0 Å². The fourth-order valence-corrected chi connectivity index (χ4v) is 7.46. The average Bonchev–Trinajstić information content (AvgIpc) is 3.82. The molecule has 4 N–H and O–H groups in total. The molecule has 0 aromatic heterocycles. The van der Waals surface area contributed by atoms with Crippen LogP contribution in [0.15, 0.2) is 72.8 Å². The topological polar surface area (TPSA) is 85.5 Å². The standard InChI is InChI=1S/2C24H36N3.C4H8O.2ClH.Zr/c2*1-15(2)19-11-9-12-20(16(3)4)23(19)25-27-26-24-21(17(5)6)13-10-14-22(24)18(7)8;1-2-4-5-3-1;;;/h2*9-18,25,27H,1-8H3;1-4H2;2*1H;/q2*-1;;;;+2/p-2. The molecule has 7 nitrogen and oxygen atoms in total. The molecular weight excluding hydrogens is 887 g/mol. The maximum atomic E-state index is 4.94. The first-order valence-electron chi connectivity index (χ1n) is 22.9. The van der Waals surface area contributed by atoms with E-state index in [2.05, 4.69) is 205 Å². The summed E-state index contributed by atoms with van der Waals surface area (Å²) in [7, 11) is 9.87. The van der Waals surface area contributed by atoms with Crippen molar-refractivity contribution in [2.75, 3.05) is 24.1 Å². The van der Waals surface area contributed by atoms with E-state index < -0.39 is 20.8 Å². The Morgan fingerprint density at radius 2 is 0.613 bits per heavy atom. The first kappa shape index (κ1) is 55.6. The average molecular weight is 967 g/mol. The number of anilines is 2. The first-order valence-corrected chi connectivity index (χ1v) is 29.2. The number of halogens is 2. The molecule has 10 heteroatoms. The molecule has 1 aliphatic heterocycles. The Morgan fingerprint density at radius 3 is 0.790 bits per heavy atom. The van der Waals surface area contributed by atoms with E-state index in [0.717, 1.165) is 36.0 Å². The van der Waals surface area contributed by atoms with Gasteiger partial charge in [0.15, 0.2) is 0 Å². The van der Waals surface area contributed by atoms with E-state index in [4.69, 9.17) is 32.6 Å². The van der Waals surface area contributed by atoms with Gasteiger partial charge in [-0.25, -0.2) is 0 Å². The molecule has 0 aliphatic carbocycles. The van der Waals surface area contributed by atoms with Crippen LogP contribution in [0.25, 0.3) is 10.9 Å². The SMILES string of the molecule is C1CCOC1.CC(C)c1cccc(C(C)C)c1[N-]NNc1c(C(C)C)cccc1C(C)C.CC(C)c1cccc(C(C)C)c1[N-]NNc1c(C(C)C)cccc1C(C)C.[Cl][Zr][Cl]. The first-order chi connectivity index (χ1) is 29.4. The van der Waals surface area contributed by atoms with E-state index >= 15 is 0 Å². The van der Waals surface area contributed by atoms with Crippen LogP contribution in [-0.4, -0.2) is 13.2 Å². The molecule has 0 bridgehead atoms. The van der Waals surface area contributed by atoms with E-state index in [1.165, 1.54) is 57.3 Å². The second kappa shape index (κ2) is 29.1. The van der Waals surface area contributed by atoms with Crippen LogP contribution >= 0.6 is 17.0 Å². The Labute approximate surface area is 397 Å². The third-order valence-electron chi connectivity index (χ3n) is 11.0. The minimum atomic E-state index is -0.826. The summed E-state index contributed by atoms with van der Waals surface area (Å²) in [5, 5.41) is 0. The molecule has 0 unspecified atom stereocenters. The molecule has 5 rings (SSSR count). The van der Waals surface area contributed by atoms with Crippen LogP contribution in [0.5, 0.6) is 0 Å². The third kappa shape index (κ3) is 17.4. The monoisotopic (exact) mass is 964 g/mol. The summed E-state index contributed by atoms with van der Waals surface area (Å²) in [6.07, 6.45) is 2.56. The van der Waals surface area contributed by atoms with Gasteiger partial charge in [0.05, 0.1) is 11.4 Å². The van der Waals surface area contributed by atoms with Gasteiger partial charge in [0.1, 0.15) is 0 Å². The summed E-state index contributed by atoms with van der Waals surface area (Å²) in [5.41, 5.74) is 37.5. The minimum absolute atomic E-state index is 0.429. The molecule has 0 atom stereocenters. The van der Waals surface area contributed by atoms with Gasteiger partial charge in [-0.1, -0.05) is 206 Å². The Kier molecular flexibility index (Phi) is 26.0. The number of para-hydroxylation sites is 4. The van der Waals surface area contributed by atoms with Gasteiger partial charge in [0.2, 0.25) is 0 Å². The van der Waals surface area contributed by atoms with Crippen molar-refractivity contribution in [2.24, 2.45) is 0 Å². The van der Waals surface area contributed by atoms with E-state index in [0.29, 0.717) is 47.3 Å². The molecule has 1 fully saturated rings. The van der Waals surface area contributed by atoms with E-state index in [9.17, 15) is 0 Å². The molecular formula is C52H80Cl2N6OZr-2. The van der Waals surface area contributed by atoms with Gasteiger partial charge in [0, 0.05) is 13.2 Å². The zero-order valence-corrected chi connectivity index (χ0v) is 44.9. The molecule has 1 saturated heterocycles. The summed E-state index contributed by atoms with van der Waals surface area (Å²) >= 11 is -0.826. The van der Waals surface area contributed by atoms with E-state index in [-0.39, 0.29) is 0 Å². The normalized spacial score (nSPS) is 12.4. The fourth-order valence-electron chi connectivity index (χ4n) is 7.46. The fraction of sp³-hybridized carbons (Fsp3) is 0.538. The second-order valence-electron chi connectivity index (χ2n) is 18.5. The Morgan fingerprint density at radius 1 is 0.403 bits per heavy atom. The Bertz CT molecular complexity index is 1510. The van der Waals surface area contributed by atoms with Gasteiger partial charge < -0.3 is 37.5 Å². The van der Waals surface area contributed by atoms with Gasteiger partial charge in [0.25, 0.3) is 0 Å². The molecule has 0 saturated carbocycles. The van der Waals surface area contributed by atoms with Crippen molar-refractivity contribution in [1.29, 1.82) is 0 Å². The van der Waals surface area contributed by atoms with Crippen LogP contribution in [0.1, 0.15) is 215 Å². The Balaban J connectivity index is 0.000000362. The van der Waals surface area contributed by atoms with Gasteiger partial charge in [-0.05, 0) is 82.4 Å². The second-order valence-corrected chi connectivity index (χ2v) is 22.3. The van der Waals surface area contributed by atoms with Crippen LogP contribution in [0, 0.1) is 0 Å². The summed E-state index contributed by atoms with van der Waals surface area (Å²) in [6.45, 7) is 37.6. The van der Waals surface area contributed by atoms with Crippen molar-refractivity contribution in [3.05, 3.63) is 128 Å². The zero-order chi connectivity index (χ0) is 46.5. The van der Waals surface area contributed by atoms with Crippen molar-refractivity contribution in [1.82, 2.24) is 11.1 Å². The number of nitrogens with zero attached hydrogens (tertiary/aromatic N) is 2. The summed E-state index contributed by atoms with van der Waals surface area (Å²) in [5.74, 6) is 3.50. The summed E-state index contributed by atoms with van der Waals surface area (Å²) < 4.78 is 4.94. The van der Waals surface area contributed by atoms with Gasteiger partial charge >= 0.3 is 37.9 Å². The number of rotatable bonds is 16. The molecule has 4 aromatic carbocycles. The quantitative estimate of drug-likeness (QED) is 0.0841. The van der Waals surface area contributed by atoms with Crippen molar-refractivity contribution in [3.63, 3.8) is 0 Å².